The van der Waals surface area contributed by atoms with Crippen LogP contribution in [-0.2, 0) is 11.4 Å². The molecule has 0 aliphatic carbocycles. The monoisotopic (exact) mass is 505 g/mol. The first-order valence-electron chi connectivity index (χ1n) is 8.94. The van der Waals surface area contributed by atoms with E-state index in [1.165, 1.54) is 6.08 Å². The maximum Gasteiger partial charge on any atom is 0.248 e. The third kappa shape index (κ3) is 6.02. The van der Waals surface area contributed by atoms with Crippen LogP contribution in [0.2, 0.25) is 10.0 Å². The van der Waals surface area contributed by atoms with E-state index in [0.717, 1.165) is 10.0 Å². The lowest BCUT2D eigenvalue weighted by molar-refractivity contribution is -0.111. The lowest BCUT2D eigenvalue weighted by Gasteiger charge is -2.13. The van der Waals surface area contributed by atoms with Gasteiger partial charge in [-0.15, -0.1) is 0 Å². The summed E-state index contributed by atoms with van der Waals surface area (Å²) >= 11 is 15.7. The van der Waals surface area contributed by atoms with Gasteiger partial charge < -0.3 is 14.8 Å². The van der Waals surface area contributed by atoms with Gasteiger partial charge in [0.15, 0.2) is 11.5 Å². The molecule has 0 unspecified atom stereocenters. The number of hydrogen-bond donors (Lipinski definition) is 1. The van der Waals surface area contributed by atoms with Gasteiger partial charge in [0.25, 0.3) is 0 Å². The van der Waals surface area contributed by atoms with Gasteiger partial charge in [0, 0.05) is 31.8 Å². The minimum absolute atomic E-state index is 0.208. The van der Waals surface area contributed by atoms with Crippen LogP contribution >= 0.6 is 39.1 Å². The van der Waals surface area contributed by atoms with Gasteiger partial charge in [-0.3, -0.25) is 4.79 Å². The Hall–Kier alpha value is -2.47. The SMILES string of the molecule is COc1cc(/C=C/C(=O)Nc2ccc(Br)cc2)ccc1OCc1c(Cl)cccc1Cl. The number of carbonyl (C=O) groups is 1. The van der Waals surface area contributed by atoms with Gasteiger partial charge in [-0.25, -0.2) is 0 Å². The number of ether oxygens (including phenoxy) is 2. The number of halogens is 3. The lowest BCUT2D eigenvalue weighted by Crippen LogP contribution is -2.07. The van der Waals surface area contributed by atoms with Crippen molar-refractivity contribution in [3.05, 3.63) is 92.4 Å². The quantitative estimate of drug-likeness (QED) is 0.351. The molecule has 0 radical (unpaired) electrons. The van der Waals surface area contributed by atoms with Gasteiger partial charge in [-0.2, -0.15) is 0 Å². The summed E-state index contributed by atoms with van der Waals surface area (Å²) in [5.41, 5.74) is 2.21. The summed E-state index contributed by atoms with van der Waals surface area (Å²) in [6, 6.07) is 18.0. The smallest absolute Gasteiger partial charge is 0.248 e. The Kier molecular flexibility index (Phi) is 7.80. The van der Waals surface area contributed by atoms with Crippen molar-refractivity contribution in [2.24, 2.45) is 0 Å². The van der Waals surface area contributed by atoms with Crippen molar-refractivity contribution in [2.75, 3.05) is 12.4 Å². The van der Waals surface area contributed by atoms with E-state index in [2.05, 4.69) is 21.2 Å². The highest BCUT2D eigenvalue weighted by Crippen LogP contribution is 2.31. The Balaban J connectivity index is 1.66. The molecule has 0 bridgehead atoms. The minimum atomic E-state index is -0.232. The van der Waals surface area contributed by atoms with E-state index < -0.39 is 0 Å². The van der Waals surface area contributed by atoms with Gasteiger partial charge in [0.05, 0.1) is 7.11 Å². The van der Waals surface area contributed by atoms with Crippen molar-refractivity contribution in [1.29, 1.82) is 0 Å². The molecule has 1 N–H and O–H groups in total. The highest BCUT2D eigenvalue weighted by atomic mass is 79.9. The summed E-state index contributed by atoms with van der Waals surface area (Å²) in [5, 5.41) is 3.88. The van der Waals surface area contributed by atoms with Crippen LogP contribution in [0.3, 0.4) is 0 Å². The Morgan fingerprint density at radius 3 is 2.40 bits per heavy atom. The van der Waals surface area contributed by atoms with Gasteiger partial charge in [-0.1, -0.05) is 51.3 Å². The standard InChI is InChI=1S/C23H18BrCl2NO3/c1-29-22-13-15(6-12-23(28)27-17-9-7-16(24)8-10-17)5-11-21(22)30-14-18-19(25)3-2-4-20(18)26/h2-13H,14H2,1H3,(H,27,28)/b12-6+. The molecular weight excluding hydrogens is 489 g/mol. The van der Waals surface area contributed by atoms with Crippen LogP contribution in [0.15, 0.2) is 71.2 Å². The fourth-order valence-electron chi connectivity index (χ4n) is 2.62. The molecule has 0 atom stereocenters. The van der Waals surface area contributed by atoms with Crippen molar-refractivity contribution in [1.82, 2.24) is 0 Å². The molecule has 0 saturated carbocycles. The Morgan fingerprint density at radius 1 is 1.03 bits per heavy atom. The van der Waals surface area contributed by atoms with Crippen LogP contribution in [0.25, 0.3) is 6.08 Å². The Labute approximate surface area is 193 Å². The molecule has 0 aliphatic heterocycles. The number of methoxy groups -OCH3 is 1. The fourth-order valence-corrected chi connectivity index (χ4v) is 3.39. The summed E-state index contributed by atoms with van der Waals surface area (Å²) in [5.74, 6) is 0.851. The lowest BCUT2D eigenvalue weighted by atomic mass is 10.2. The summed E-state index contributed by atoms with van der Waals surface area (Å²) in [7, 11) is 1.55. The molecule has 0 spiro atoms. The third-order valence-corrected chi connectivity index (χ3v) is 5.40. The van der Waals surface area contributed by atoms with E-state index in [-0.39, 0.29) is 12.5 Å². The van der Waals surface area contributed by atoms with Crippen molar-refractivity contribution in [3.63, 3.8) is 0 Å². The van der Waals surface area contributed by atoms with Crippen molar-refractivity contribution in [2.45, 2.75) is 6.61 Å². The van der Waals surface area contributed by atoms with Crippen LogP contribution in [0.5, 0.6) is 11.5 Å². The van der Waals surface area contributed by atoms with E-state index in [9.17, 15) is 4.79 Å². The number of carbonyl (C=O) groups excluding carboxylic acids is 1. The number of amides is 1. The first-order chi connectivity index (χ1) is 14.5. The second-order valence-corrected chi connectivity index (χ2v) is 7.96. The van der Waals surface area contributed by atoms with E-state index >= 15 is 0 Å². The zero-order chi connectivity index (χ0) is 21.5. The third-order valence-electron chi connectivity index (χ3n) is 4.16. The Bertz CT molecular complexity index is 1050. The molecule has 30 heavy (non-hydrogen) atoms. The maximum absolute atomic E-state index is 12.1. The summed E-state index contributed by atoms with van der Waals surface area (Å²) < 4.78 is 12.2. The van der Waals surface area contributed by atoms with Crippen LogP contribution in [0.1, 0.15) is 11.1 Å². The Morgan fingerprint density at radius 2 is 1.73 bits per heavy atom. The number of anilines is 1. The number of rotatable bonds is 7. The molecule has 154 valence electrons. The van der Waals surface area contributed by atoms with Gasteiger partial charge in [0.2, 0.25) is 5.91 Å². The molecule has 0 saturated heterocycles. The van der Waals surface area contributed by atoms with E-state index in [1.54, 1.807) is 43.5 Å². The molecule has 3 aromatic carbocycles. The molecular formula is C23H18BrCl2NO3. The van der Waals surface area contributed by atoms with Crippen molar-refractivity contribution >= 4 is 56.8 Å². The number of hydrogen-bond acceptors (Lipinski definition) is 3. The first kappa shape index (κ1) is 22.2. The molecule has 0 heterocycles. The van der Waals surface area contributed by atoms with Crippen LogP contribution in [0, 0.1) is 0 Å². The predicted molar refractivity (Wildman–Crippen MR) is 126 cm³/mol. The normalized spacial score (nSPS) is 10.8. The van der Waals surface area contributed by atoms with Crippen molar-refractivity contribution < 1.29 is 14.3 Å². The molecule has 0 fully saturated rings. The highest BCUT2D eigenvalue weighted by molar-refractivity contribution is 9.10. The summed E-state index contributed by atoms with van der Waals surface area (Å²) in [6.45, 7) is 0.208. The molecule has 7 heteroatoms. The van der Waals surface area contributed by atoms with E-state index in [4.69, 9.17) is 32.7 Å². The molecule has 4 nitrogen and oxygen atoms in total. The van der Waals surface area contributed by atoms with E-state index in [0.29, 0.717) is 32.8 Å². The molecule has 0 aliphatic rings. The van der Waals surface area contributed by atoms with Crippen LogP contribution < -0.4 is 14.8 Å². The zero-order valence-electron chi connectivity index (χ0n) is 16.0. The second-order valence-electron chi connectivity index (χ2n) is 6.23. The van der Waals surface area contributed by atoms with Crippen LogP contribution in [0.4, 0.5) is 5.69 Å². The maximum atomic E-state index is 12.1. The largest absolute Gasteiger partial charge is 0.493 e. The average molecular weight is 507 g/mol. The van der Waals surface area contributed by atoms with Gasteiger partial charge in [0.1, 0.15) is 6.61 Å². The molecule has 3 aromatic rings. The first-order valence-corrected chi connectivity index (χ1v) is 10.5. The van der Waals surface area contributed by atoms with Gasteiger partial charge >= 0.3 is 0 Å². The highest BCUT2D eigenvalue weighted by Gasteiger charge is 2.10. The zero-order valence-corrected chi connectivity index (χ0v) is 19.1. The van der Waals surface area contributed by atoms with Gasteiger partial charge in [-0.05, 0) is 60.2 Å². The molecule has 1 amide bonds. The average Bonchev–Trinajstić information content (AvgIpc) is 2.74. The van der Waals surface area contributed by atoms with E-state index in [1.807, 2.05) is 30.3 Å². The summed E-state index contributed by atoms with van der Waals surface area (Å²) in [4.78, 5) is 12.1. The number of benzene rings is 3. The predicted octanol–water partition coefficient (Wildman–Crippen LogP) is 7.00. The molecule has 3 rings (SSSR count). The molecule has 0 aromatic heterocycles. The number of nitrogens with one attached hydrogen (secondary N) is 1. The topological polar surface area (TPSA) is 47.6 Å². The van der Waals surface area contributed by atoms with Crippen molar-refractivity contribution in [3.8, 4) is 11.5 Å². The minimum Gasteiger partial charge on any atom is -0.493 e. The van der Waals surface area contributed by atoms with Crippen LogP contribution in [-0.4, -0.2) is 13.0 Å². The second kappa shape index (κ2) is 10.5. The summed E-state index contributed by atoms with van der Waals surface area (Å²) in [6.07, 6.45) is 3.16. The fraction of sp³-hybridized carbons (Fsp3) is 0.0870.